The summed E-state index contributed by atoms with van der Waals surface area (Å²) in [4.78, 5) is 29.5. The molecule has 2 fully saturated rings. The van der Waals surface area contributed by atoms with E-state index in [0.717, 1.165) is 24.3 Å². The number of carbonyl (C=O) groups is 2. The van der Waals surface area contributed by atoms with Crippen LogP contribution in [-0.4, -0.2) is 79.1 Å². The summed E-state index contributed by atoms with van der Waals surface area (Å²) in [5, 5.41) is 15.3. The molecule has 3 rings (SSSR count). The molecule has 0 unspecified atom stereocenters. The van der Waals surface area contributed by atoms with E-state index in [2.05, 4.69) is 15.5 Å². The van der Waals surface area contributed by atoms with Crippen LogP contribution in [0.5, 0.6) is 0 Å². The van der Waals surface area contributed by atoms with Gasteiger partial charge in [0.25, 0.3) is 0 Å². The normalized spacial score (nSPS) is 23.9. The molecule has 2 saturated heterocycles. The van der Waals surface area contributed by atoms with Gasteiger partial charge in [-0.25, -0.2) is 0 Å². The number of carbonyl (C=O) groups excluding carboxylic acids is 2. The van der Waals surface area contributed by atoms with E-state index < -0.39 is 0 Å². The highest BCUT2D eigenvalue weighted by atomic mass is 16.3. The molecule has 1 aromatic carbocycles. The van der Waals surface area contributed by atoms with Gasteiger partial charge >= 0.3 is 0 Å². The lowest BCUT2D eigenvalue weighted by molar-refractivity contribution is -0.138. The Morgan fingerprint density at radius 1 is 1.11 bits per heavy atom. The summed E-state index contributed by atoms with van der Waals surface area (Å²) >= 11 is 0. The average Bonchev–Trinajstić information content (AvgIpc) is 2.70. The quantitative estimate of drug-likeness (QED) is 0.690. The third kappa shape index (κ3) is 5.28. The molecule has 0 bridgehead atoms. The van der Waals surface area contributed by atoms with E-state index in [-0.39, 0.29) is 30.3 Å². The first-order chi connectivity index (χ1) is 13.1. The minimum absolute atomic E-state index is 0.0309. The highest BCUT2D eigenvalue weighted by Gasteiger charge is 2.34. The van der Waals surface area contributed by atoms with Crippen LogP contribution >= 0.6 is 0 Å². The van der Waals surface area contributed by atoms with Crippen LogP contribution in [0.2, 0.25) is 0 Å². The molecular weight excluding hydrogens is 344 g/mol. The first-order valence-electron chi connectivity index (χ1n) is 9.77. The van der Waals surface area contributed by atoms with E-state index in [9.17, 15) is 9.59 Å². The first-order valence-corrected chi connectivity index (χ1v) is 9.77. The molecule has 0 aromatic heterocycles. The second-order valence-electron chi connectivity index (χ2n) is 7.53. The standard InChI is InChI=1S/C20H30N4O3/c1-15-2-4-18(5-3-15)22-19(26)16-12-17(14-21-13-16)20(27)24-8-6-23(7-9-24)10-11-25/h2-5,16-17,21,25H,6-14H2,1H3,(H,22,26)/t16-,17+/m0/s1. The van der Waals surface area contributed by atoms with Gasteiger partial charge in [0.15, 0.2) is 0 Å². The number of amides is 2. The van der Waals surface area contributed by atoms with Crippen molar-refractivity contribution in [3.05, 3.63) is 29.8 Å². The molecule has 0 radical (unpaired) electrons. The van der Waals surface area contributed by atoms with E-state index in [1.54, 1.807) is 0 Å². The highest BCUT2D eigenvalue weighted by Crippen LogP contribution is 2.21. The summed E-state index contributed by atoms with van der Waals surface area (Å²) in [6.45, 7) is 7.03. The number of nitrogens with zero attached hydrogens (tertiary/aromatic N) is 2. The molecule has 27 heavy (non-hydrogen) atoms. The lowest BCUT2D eigenvalue weighted by atomic mass is 9.88. The predicted octanol–water partition coefficient (Wildman–Crippen LogP) is 0.296. The van der Waals surface area contributed by atoms with E-state index >= 15 is 0 Å². The summed E-state index contributed by atoms with van der Waals surface area (Å²) in [6.07, 6.45) is 0.584. The SMILES string of the molecule is Cc1ccc(NC(=O)[C@@H]2CNC[C@H](C(=O)N3CCN(CCO)CC3)C2)cc1. The first kappa shape index (κ1) is 19.8. The predicted molar refractivity (Wildman–Crippen MR) is 104 cm³/mol. The number of aryl methyl sites for hydroxylation is 1. The zero-order chi connectivity index (χ0) is 19.2. The molecule has 0 saturated carbocycles. The minimum atomic E-state index is -0.204. The number of β-amino-alcohol motifs (C(OH)–C–C–N with tert-alkyl or cyclic N) is 1. The lowest BCUT2D eigenvalue weighted by Gasteiger charge is -2.38. The van der Waals surface area contributed by atoms with Crippen LogP contribution in [0.15, 0.2) is 24.3 Å². The second kappa shape index (κ2) is 9.30. The maximum atomic E-state index is 12.9. The highest BCUT2D eigenvalue weighted by molar-refractivity contribution is 5.93. The number of rotatable bonds is 5. The molecule has 2 amide bonds. The molecule has 1 aromatic rings. The topological polar surface area (TPSA) is 84.9 Å². The van der Waals surface area contributed by atoms with Gasteiger partial charge in [0.2, 0.25) is 11.8 Å². The summed E-state index contributed by atoms with van der Waals surface area (Å²) in [5.41, 5.74) is 1.94. The summed E-state index contributed by atoms with van der Waals surface area (Å²) in [7, 11) is 0. The van der Waals surface area contributed by atoms with E-state index in [1.165, 1.54) is 0 Å². The number of piperazine rings is 1. The van der Waals surface area contributed by atoms with E-state index in [1.807, 2.05) is 36.1 Å². The number of piperidine rings is 1. The molecule has 2 atom stereocenters. The monoisotopic (exact) mass is 374 g/mol. The van der Waals surface area contributed by atoms with Crippen LogP contribution in [0.1, 0.15) is 12.0 Å². The fraction of sp³-hybridized carbons (Fsp3) is 0.600. The van der Waals surface area contributed by atoms with Crippen molar-refractivity contribution < 1.29 is 14.7 Å². The van der Waals surface area contributed by atoms with Crippen LogP contribution in [0.4, 0.5) is 5.69 Å². The zero-order valence-electron chi connectivity index (χ0n) is 16.0. The average molecular weight is 374 g/mol. The Morgan fingerprint density at radius 3 is 2.44 bits per heavy atom. The molecule has 0 spiro atoms. The van der Waals surface area contributed by atoms with E-state index in [0.29, 0.717) is 39.1 Å². The van der Waals surface area contributed by atoms with Crippen molar-refractivity contribution in [1.82, 2.24) is 15.1 Å². The molecule has 3 N–H and O–H groups in total. The number of nitrogens with one attached hydrogen (secondary N) is 2. The summed E-state index contributed by atoms with van der Waals surface area (Å²) < 4.78 is 0. The van der Waals surface area contributed by atoms with Gasteiger partial charge in [0.05, 0.1) is 18.4 Å². The van der Waals surface area contributed by atoms with Gasteiger partial charge in [-0.15, -0.1) is 0 Å². The molecular formula is C20H30N4O3. The van der Waals surface area contributed by atoms with Crippen molar-refractivity contribution in [2.24, 2.45) is 11.8 Å². The molecule has 7 heteroatoms. The number of anilines is 1. The van der Waals surface area contributed by atoms with Crippen LogP contribution < -0.4 is 10.6 Å². The van der Waals surface area contributed by atoms with Crippen molar-refractivity contribution in [3.63, 3.8) is 0 Å². The fourth-order valence-corrected chi connectivity index (χ4v) is 3.80. The van der Waals surface area contributed by atoms with Crippen molar-refractivity contribution >= 4 is 17.5 Å². The fourth-order valence-electron chi connectivity index (χ4n) is 3.80. The Kier molecular flexibility index (Phi) is 6.82. The van der Waals surface area contributed by atoms with Gasteiger partial charge in [-0.1, -0.05) is 17.7 Å². The summed E-state index contributed by atoms with van der Waals surface area (Å²) in [6, 6.07) is 7.74. The smallest absolute Gasteiger partial charge is 0.228 e. The van der Waals surface area contributed by atoms with Crippen molar-refractivity contribution in [1.29, 1.82) is 0 Å². The third-order valence-electron chi connectivity index (χ3n) is 5.49. The number of aliphatic hydroxyl groups is 1. The van der Waals surface area contributed by atoms with Crippen molar-refractivity contribution in [3.8, 4) is 0 Å². The van der Waals surface area contributed by atoms with Gasteiger partial charge < -0.3 is 20.6 Å². The largest absolute Gasteiger partial charge is 0.395 e. The minimum Gasteiger partial charge on any atom is -0.395 e. The lowest BCUT2D eigenvalue weighted by Crippen LogP contribution is -2.54. The molecule has 2 aliphatic rings. The molecule has 148 valence electrons. The Bertz CT molecular complexity index is 641. The number of benzene rings is 1. The van der Waals surface area contributed by atoms with E-state index in [4.69, 9.17) is 5.11 Å². The number of hydrogen-bond donors (Lipinski definition) is 3. The Hall–Kier alpha value is -1.96. The summed E-state index contributed by atoms with van der Waals surface area (Å²) in [5.74, 6) is -0.253. The zero-order valence-corrected chi connectivity index (χ0v) is 16.0. The maximum Gasteiger partial charge on any atom is 0.228 e. The Balaban J connectivity index is 1.52. The molecule has 7 nitrogen and oxygen atoms in total. The number of aliphatic hydroxyl groups excluding tert-OH is 1. The maximum absolute atomic E-state index is 12.9. The Morgan fingerprint density at radius 2 is 1.78 bits per heavy atom. The number of hydrogen-bond acceptors (Lipinski definition) is 5. The van der Waals surface area contributed by atoms with Gasteiger partial charge in [0, 0.05) is 51.5 Å². The second-order valence-corrected chi connectivity index (χ2v) is 7.53. The Labute approximate surface area is 160 Å². The van der Waals surface area contributed by atoms with Crippen LogP contribution in [0.3, 0.4) is 0 Å². The molecule has 0 aliphatic carbocycles. The molecule has 2 heterocycles. The van der Waals surface area contributed by atoms with Crippen molar-refractivity contribution in [2.75, 3.05) is 57.7 Å². The molecule has 2 aliphatic heterocycles. The van der Waals surface area contributed by atoms with Crippen LogP contribution in [0.25, 0.3) is 0 Å². The van der Waals surface area contributed by atoms with Gasteiger partial charge in [-0.2, -0.15) is 0 Å². The van der Waals surface area contributed by atoms with Crippen LogP contribution in [-0.2, 0) is 9.59 Å². The van der Waals surface area contributed by atoms with Gasteiger partial charge in [-0.05, 0) is 25.5 Å². The van der Waals surface area contributed by atoms with Crippen molar-refractivity contribution in [2.45, 2.75) is 13.3 Å². The van der Waals surface area contributed by atoms with Gasteiger partial charge in [-0.3, -0.25) is 14.5 Å². The van der Waals surface area contributed by atoms with Gasteiger partial charge in [0.1, 0.15) is 0 Å². The third-order valence-corrected chi connectivity index (χ3v) is 5.49. The van der Waals surface area contributed by atoms with Crippen LogP contribution in [0, 0.1) is 18.8 Å².